The number of rotatable bonds is 8. The maximum atomic E-state index is 13.5. The third-order valence-corrected chi connectivity index (χ3v) is 6.65. The zero-order valence-corrected chi connectivity index (χ0v) is 20.9. The Morgan fingerprint density at radius 2 is 2.00 bits per heavy atom. The summed E-state index contributed by atoms with van der Waals surface area (Å²) in [6, 6.07) is 11.2. The summed E-state index contributed by atoms with van der Waals surface area (Å²) in [5, 5.41) is 0. The number of thiocarbonyl (C=S) groups is 1. The van der Waals surface area contributed by atoms with Crippen LogP contribution < -0.4 is 10.3 Å². The number of aromatic nitrogens is 2. The lowest BCUT2D eigenvalue weighted by Gasteiger charge is -2.14. The van der Waals surface area contributed by atoms with Gasteiger partial charge in [-0.05, 0) is 62.6 Å². The van der Waals surface area contributed by atoms with E-state index in [1.165, 1.54) is 22.2 Å². The van der Waals surface area contributed by atoms with E-state index in [2.05, 4.69) is 4.98 Å². The van der Waals surface area contributed by atoms with Gasteiger partial charge < -0.3 is 9.47 Å². The molecule has 0 radical (unpaired) electrons. The van der Waals surface area contributed by atoms with Crippen molar-refractivity contribution in [2.45, 2.75) is 27.2 Å². The van der Waals surface area contributed by atoms with Crippen molar-refractivity contribution in [1.29, 1.82) is 0 Å². The van der Waals surface area contributed by atoms with Gasteiger partial charge in [-0.3, -0.25) is 18.9 Å². The molecule has 0 bridgehead atoms. The van der Waals surface area contributed by atoms with Crippen molar-refractivity contribution in [3.8, 4) is 11.6 Å². The van der Waals surface area contributed by atoms with Gasteiger partial charge in [0.25, 0.3) is 11.5 Å². The Labute approximate surface area is 207 Å². The minimum absolute atomic E-state index is 0.145. The summed E-state index contributed by atoms with van der Waals surface area (Å²) in [6.07, 6.45) is 3.87. The van der Waals surface area contributed by atoms with Crippen molar-refractivity contribution in [2.75, 3.05) is 19.8 Å². The number of nitrogens with zero attached hydrogens (tertiary/aromatic N) is 3. The van der Waals surface area contributed by atoms with Crippen molar-refractivity contribution < 1.29 is 14.3 Å². The van der Waals surface area contributed by atoms with E-state index < -0.39 is 0 Å². The zero-order chi connectivity index (χ0) is 24.2. The molecular formula is C25H25N3O4S2. The summed E-state index contributed by atoms with van der Waals surface area (Å²) < 4.78 is 13.4. The van der Waals surface area contributed by atoms with E-state index in [4.69, 9.17) is 21.7 Å². The number of ether oxygens (including phenoxy) is 2. The Balaban J connectivity index is 1.76. The third-order valence-electron chi connectivity index (χ3n) is 5.28. The second kappa shape index (κ2) is 10.5. The smallest absolute Gasteiger partial charge is 0.269 e. The van der Waals surface area contributed by atoms with E-state index in [1.54, 1.807) is 23.2 Å². The summed E-state index contributed by atoms with van der Waals surface area (Å²) in [5.41, 5.74) is 2.22. The fourth-order valence-electron chi connectivity index (χ4n) is 3.58. The van der Waals surface area contributed by atoms with Gasteiger partial charge in [0.2, 0.25) is 5.88 Å². The van der Waals surface area contributed by atoms with E-state index in [9.17, 15) is 9.59 Å². The molecule has 1 aliphatic heterocycles. The van der Waals surface area contributed by atoms with Crippen LogP contribution in [0.1, 0.15) is 30.0 Å². The third kappa shape index (κ3) is 5.06. The molecule has 3 aromatic rings. The number of aryl methyl sites for hydroxylation is 2. The number of amides is 1. The fourth-order valence-corrected chi connectivity index (χ4v) is 4.87. The average Bonchev–Trinajstić information content (AvgIpc) is 3.07. The molecule has 1 fully saturated rings. The highest BCUT2D eigenvalue weighted by molar-refractivity contribution is 8.26. The van der Waals surface area contributed by atoms with Crippen LogP contribution in [0.15, 0.2) is 52.3 Å². The van der Waals surface area contributed by atoms with Crippen molar-refractivity contribution >= 4 is 45.9 Å². The van der Waals surface area contributed by atoms with E-state index in [0.717, 1.165) is 11.1 Å². The van der Waals surface area contributed by atoms with Gasteiger partial charge in [0.15, 0.2) is 0 Å². The average molecular weight is 496 g/mol. The number of carbonyl (C=O) groups is 1. The first-order valence-electron chi connectivity index (χ1n) is 11.0. The van der Waals surface area contributed by atoms with Gasteiger partial charge in [0, 0.05) is 26.0 Å². The summed E-state index contributed by atoms with van der Waals surface area (Å²) >= 11 is 6.60. The van der Waals surface area contributed by atoms with Gasteiger partial charge in [-0.25, -0.2) is 0 Å². The number of hydrogen-bond acceptors (Lipinski definition) is 7. The Kier molecular flexibility index (Phi) is 7.45. The second-order valence-corrected chi connectivity index (χ2v) is 9.50. The van der Waals surface area contributed by atoms with E-state index in [-0.39, 0.29) is 22.9 Å². The molecule has 0 aliphatic carbocycles. The molecular weight excluding hydrogens is 470 g/mol. The largest absolute Gasteiger partial charge is 0.438 e. The van der Waals surface area contributed by atoms with Crippen LogP contribution in [0.25, 0.3) is 11.7 Å². The summed E-state index contributed by atoms with van der Waals surface area (Å²) in [5.74, 6) is 0.469. The quantitative estimate of drug-likeness (QED) is 0.254. The Bertz CT molecular complexity index is 1350. The minimum Gasteiger partial charge on any atom is -0.438 e. The molecule has 1 saturated heterocycles. The molecule has 0 saturated carbocycles. The minimum atomic E-state index is -0.321. The topological polar surface area (TPSA) is 73.1 Å². The number of thioether (sulfide) groups is 1. The summed E-state index contributed by atoms with van der Waals surface area (Å²) in [6.45, 7) is 7.40. The molecule has 0 N–H and O–H groups in total. The van der Waals surface area contributed by atoms with Crippen molar-refractivity contribution in [3.63, 3.8) is 0 Å². The molecule has 9 heteroatoms. The summed E-state index contributed by atoms with van der Waals surface area (Å²) in [4.78, 5) is 33.1. The van der Waals surface area contributed by atoms with Crippen molar-refractivity contribution in [2.24, 2.45) is 0 Å². The van der Waals surface area contributed by atoms with Crippen LogP contribution in [0.2, 0.25) is 0 Å². The number of hydrogen-bond donors (Lipinski definition) is 0. The lowest BCUT2D eigenvalue weighted by molar-refractivity contribution is -0.122. The molecule has 1 amide bonds. The molecule has 4 rings (SSSR count). The molecule has 1 aromatic carbocycles. The van der Waals surface area contributed by atoms with Gasteiger partial charge in [-0.2, -0.15) is 4.98 Å². The molecule has 7 nitrogen and oxygen atoms in total. The van der Waals surface area contributed by atoms with Crippen LogP contribution in [-0.4, -0.2) is 44.3 Å². The Hall–Kier alpha value is -3.01. The maximum Gasteiger partial charge on any atom is 0.269 e. The number of fused-ring (bicyclic) bond motifs is 1. The van der Waals surface area contributed by atoms with E-state index in [1.807, 2.05) is 45.0 Å². The van der Waals surface area contributed by atoms with Gasteiger partial charge in [-0.15, -0.1) is 0 Å². The number of benzene rings is 1. The van der Waals surface area contributed by atoms with Gasteiger partial charge in [0.1, 0.15) is 21.3 Å². The Morgan fingerprint density at radius 3 is 2.76 bits per heavy atom. The Morgan fingerprint density at radius 1 is 1.18 bits per heavy atom. The van der Waals surface area contributed by atoms with Gasteiger partial charge in [-0.1, -0.05) is 42.2 Å². The predicted molar refractivity (Wildman–Crippen MR) is 138 cm³/mol. The van der Waals surface area contributed by atoms with E-state index >= 15 is 0 Å². The highest BCUT2D eigenvalue weighted by atomic mass is 32.2. The molecule has 2 aromatic heterocycles. The lowest BCUT2D eigenvalue weighted by atomic mass is 10.2. The molecule has 1 aliphatic rings. The first kappa shape index (κ1) is 24.1. The van der Waals surface area contributed by atoms with E-state index in [0.29, 0.717) is 46.8 Å². The molecule has 0 atom stereocenters. The zero-order valence-electron chi connectivity index (χ0n) is 19.2. The maximum absolute atomic E-state index is 13.5. The molecule has 34 heavy (non-hydrogen) atoms. The highest BCUT2D eigenvalue weighted by Gasteiger charge is 2.32. The fraction of sp³-hybridized carbons (Fsp3) is 0.280. The van der Waals surface area contributed by atoms with Crippen LogP contribution in [-0.2, 0) is 9.53 Å². The SMILES string of the molecule is CCOCCCN1C(=O)/C(=C\c2c(Oc3cccc(C)c3)nc3c(C)cccn3c2=O)SC1=S. The molecule has 3 heterocycles. The normalized spacial score (nSPS) is 15.0. The standard InChI is InChI=1S/C25H25N3O4S2/c1-4-31-13-7-12-28-24(30)20(34-25(28)33)15-19-22(32-18-10-5-8-16(2)14-18)26-21-17(3)9-6-11-27(21)23(19)29/h5-6,8-11,14-15H,4,7,12-13H2,1-3H3/b20-15+. The van der Waals surface area contributed by atoms with Gasteiger partial charge in [0.05, 0.1) is 4.91 Å². The van der Waals surface area contributed by atoms with Crippen LogP contribution in [0, 0.1) is 13.8 Å². The van der Waals surface area contributed by atoms with Crippen LogP contribution in [0.4, 0.5) is 0 Å². The number of pyridine rings is 1. The molecule has 0 unspecified atom stereocenters. The van der Waals surface area contributed by atoms with Gasteiger partial charge >= 0.3 is 0 Å². The first-order valence-corrected chi connectivity index (χ1v) is 12.2. The summed E-state index contributed by atoms with van der Waals surface area (Å²) in [7, 11) is 0. The highest BCUT2D eigenvalue weighted by Crippen LogP contribution is 2.34. The van der Waals surface area contributed by atoms with Crippen LogP contribution in [0.3, 0.4) is 0 Å². The first-order chi connectivity index (χ1) is 16.4. The predicted octanol–water partition coefficient (Wildman–Crippen LogP) is 4.73. The lowest BCUT2D eigenvalue weighted by Crippen LogP contribution is -2.29. The monoisotopic (exact) mass is 495 g/mol. The second-order valence-electron chi connectivity index (χ2n) is 7.82. The van der Waals surface area contributed by atoms with Crippen LogP contribution >= 0.6 is 24.0 Å². The number of carbonyl (C=O) groups excluding carboxylic acids is 1. The van der Waals surface area contributed by atoms with Crippen molar-refractivity contribution in [3.05, 3.63) is 74.5 Å². The van der Waals surface area contributed by atoms with Crippen molar-refractivity contribution in [1.82, 2.24) is 14.3 Å². The van der Waals surface area contributed by atoms with Crippen LogP contribution in [0.5, 0.6) is 11.6 Å². The molecule has 176 valence electrons. The molecule has 0 spiro atoms.